The van der Waals surface area contributed by atoms with Gasteiger partial charge in [0.2, 0.25) is 0 Å². The molecule has 0 aromatic carbocycles. The summed E-state index contributed by atoms with van der Waals surface area (Å²) in [7, 11) is 0. The van der Waals surface area contributed by atoms with Gasteiger partial charge in [-0.15, -0.1) is 11.6 Å². The van der Waals surface area contributed by atoms with Crippen molar-refractivity contribution in [3.8, 4) is 0 Å². The van der Waals surface area contributed by atoms with E-state index in [1.165, 1.54) is 0 Å². The normalized spacial score (nSPS) is 39.5. The van der Waals surface area contributed by atoms with Crippen molar-refractivity contribution in [2.24, 2.45) is 0 Å². The lowest BCUT2D eigenvalue weighted by molar-refractivity contribution is -0.347. The molecule has 192 valence electrons. The number of nitrogens with one attached hydrogen (secondary N) is 1. The van der Waals surface area contributed by atoms with Gasteiger partial charge in [-0.2, -0.15) is 0 Å². The van der Waals surface area contributed by atoms with Crippen molar-refractivity contribution in [1.82, 2.24) is 10.2 Å². The lowest BCUT2D eigenvalue weighted by Crippen LogP contribution is -2.67. The van der Waals surface area contributed by atoms with Gasteiger partial charge < -0.3 is 55.3 Å². The van der Waals surface area contributed by atoms with Crippen LogP contribution in [-0.4, -0.2) is 140 Å². The molecule has 2 fully saturated rings. The number of carbonyl (C=O) groups excluding carboxylic acids is 1. The van der Waals surface area contributed by atoms with Crippen LogP contribution in [0.4, 0.5) is 4.79 Å². The molecule has 14 heteroatoms. The molecule has 2 heterocycles. The van der Waals surface area contributed by atoms with Crippen LogP contribution in [0.1, 0.15) is 6.92 Å². The molecular formula is C19H33ClN2O11. The van der Waals surface area contributed by atoms with Crippen molar-refractivity contribution < 1.29 is 54.8 Å². The summed E-state index contributed by atoms with van der Waals surface area (Å²) in [5, 5.41) is 73.1. The fraction of sp³-hybridized carbons (Fsp3) is 0.842. The van der Waals surface area contributed by atoms with E-state index in [-0.39, 0.29) is 19.0 Å². The summed E-state index contributed by atoms with van der Waals surface area (Å²) in [4.78, 5) is 13.7. The largest absolute Gasteiger partial charge is 0.394 e. The number of urea groups is 1. The van der Waals surface area contributed by atoms with Crippen LogP contribution in [0.15, 0.2) is 12.2 Å². The second kappa shape index (κ2) is 13.1. The molecule has 13 nitrogen and oxygen atoms in total. The minimum atomic E-state index is -1.77. The SMILES string of the molecule is CC=CCN(C(=O)NCCCl)C1O[C@H](CO)[C@@H](O[C@H]2O[C@H](CO)[C@@H](O)[C@H](O)[C@H]2O)[C@H](O)[C@H]1O. The number of ether oxygens (including phenoxy) is 3. The van der Waals surface area contributed by atoms with Crippen LogP contribution in [0.25, 0.3) is 0 Å². The van der Waals surface area contributed by atoms with Crippen LogP contribution in [-0.2, 0) is 14.2 Å². The van der Waals surface area contributed by atoms with Crippen LogP contribution < -0.4 is 5.32 Å². The van der Waals surface area contributed by atoms with Crippen molar-refractivity contribution in [1.29, 1.82) is 0 Å². The van der Waals surface area contributed by atoms with Gasteiger partial charge in [-0.1, -0.05) is 12.2 Å². The maximum absolute atomic E-state index is 12.6. The first-order valence-electron chi connectivity index (χ1n) is 10.5. The van der Waals surface area contributed by atoms with E-state index >= 15 is 0 Å². The fourth-order valence-electron chi connectivity index (χ4n) is 3.60. The van der Waals surface area contributed by atoms with Crippen molar-refractivity contribution >= 4 is 17.6 Å². The number of nitrogens with zero attached hydrogens (tertiary/aromatic N) is 1. The topological polar surface area (TPSA) is 202 Å². The number of aliphatic hydroxyl groups is 7. The Morgan fingerprint density at radius 2 is 1.67 bits per heavy atom. The quantitative estimate of drug-likeness (QED) is 0.115. The number of rotatable bonds is 9. The molecule has 2 amide bonds. The Morgan fingerprint density at radius 1 is 1.00 bits per heavy atom. The molecule has 0 spiro atoms. The first kappa shape index (κ1) is 28.1. The van der Waals surface area contributed by atoms with Crippen LogP contribution >= 0.6 is 11.6 Å². The summed E-state index contributed by atoms with van der Waals surface area (Å²) < 4.78 is 16.5. The van der Waals surface area contributed by atoms with Gasteiger partial charge in [-0.25, -0.2) is 4.79 Å². The summed E-state index contributed by atoms with van der Waals surface area (Å²) in [6, 6.07) is -0.630. The highest BCUT2D eigenvalue weighted by Crippen LogP contribution is 2.30. The van der Waals surface area contributed by atoms with Gasteiger partial charge in [0.15, 0.2) is 12.5 Å². The molecule has 1 unspecified atom stereocenters. The van der Waals surface area contributed by atoms with E-state index in [0.29, 0.717) is 0 Å². The molecule has 0 saturated carbocycles. The molecule has 33 heavy (non-hydrogen) atoms. The number of halogens is 1. The number of alkyl halides is 1. The predicted molar refractivity (Wildman–Crippen MR) is 112 cm³/mol. The smallest absolute Gasteiger partial charge is 0.319 e. The minimum absolute atomic E-state index is 0.00937. The van der Waals surface area contributed by atoms with E-state index < -0.39 is 80.6 Å². The van der Waals surface area contributed by atoms with Crippen LogP contribution in [0.3, 0.4) is 0 Å². The maximum Gasteiger partial charge on any atom is 0.319 e. The van der Waals surface area contributed by atoms with Gasteiger partial charge in [0.25, 0.3) is 0 Å². The molecule has 0 radical (unpaired) electrons. The van der Waals surface area contributed by atoms with Crippen molar-refractivity contribution in [3.63, 3.8) is 0 Å². The van der Waals surface area contributed by atoms with Gasteiger partial charge in [0.05, 0.1) is 13.2 Å². The van der Waals surface area contributed by atoms with Crippen LogP contribution in [0.5, 0.6) is 0 Å². The van der Waals surface area contributed by atoms with Gasteiger partial charge in [-0.3, -0.25) is 4.90 Å². The molecule has 2 aliphatic rings. The molecule has 0 aliphatic carbocycles. The first-order chi connectivity index (χ1) is 15.7. The number of hydrogen-bond donors (Lipinski definition) is 8. The third-order valence-electron chi connectivity index (χ3n) is 5.46. The van der Waals surface area contributed by atoms with Crippen molar-refractivity contribution in [2.75, 3.05) is 32.2 Å². The molecule has 2 saturated heterocycles. The Labute approximate surface area is 195 Å². The summed E-state index contributed by atoms with van der Waals surface area (Å²) >= 11 is 5.60. The second-order valence-corrected chi connectivity index (χ2v) is 8.05. The zero-order chi connectivity index (χ0) is 24.7. The van der Waals surface area contributed by atoms with E-state index in [1.54, 1.807) is 19.1 Å². The molecule has 2 aliphatic heterocycles. The lowest BCUT2D eigenvalue weighted by Gasteiger charge is -2.48. The van der Waals surface area contributed by atoms with Gasteiger partial charge in [0, 0.05) is 19.0 Å². The molecule has 0 bridgehead atoms. The molecule has 10 atom stereocenters. The summed E-state index contributed by atoms with van der Waals surface area (Å²) in [6.45, 7) is 0.478. The summed E-state index contributed by atoms with van der Waals surface area (Å²) in [6.07, 6.45) is -12.3. The Balaban J connectivity index is 2.20. The summed E-state index contributed by atoms with van der Waals surface area (Å²) in [5.41, 5.74) is 0. The maximum atomic E-state index is 12.6. The highest BCUT2D eigenvalue weighted by atomic mass is 35.5. The molecular weight excluding hydrogens is 468 g/mol. The van der Waals surface area contributed by atoms with E-state index in [9.17, 15) is 40.5 Å². The Morgan fingerprint density at radius 3 is 2.24 bits per heavy atom. The Kier molecular flexibility index (Phi) is 11.2. The highest BCUT2D eigenvalue weighted by molar-refractivity contribution is 6.18. The standard InChI is InChI=1S/C19H33ClN2O11/c1-2-3-6-22(19(30)21-5-4-20)17-14(28)13(27)16(10(8-24)31-17)33-18-15(29)12(26)11(25)9(7-23)32-18/h2-3,9-18,23-29H,4-8H2,1H3,(H,21,30)/t9-,10-,11-,12+,13-,14-,15-,16-,17?,18-/m1/s1. The zero-order valence-electron chi connectivity index (χ0n) is 18.1. The molecule has 0 aromatic heterocycles. The van der Waals surface area contributed by atoms with Crippen LogP contribution in [0.2, 0.25) is 0 Å². The molecule has 0 aromatic rings. The number of aliphatic hydroxyl groups excluding tert-OH is 7. The number of amides is 2. The van der Waals surface area contributed by atoms with Crippen LogP contribution in [0, 0.1) is 0 Å². The third-order valence-corrected chi connectivity index (χ3v) is 5.64. The van der Waals surface area contributed by atoms with Gasteiger partial charge in [0.1, 0.15) is 48.8 Å². The first-order valence-corrected chi connectivity index (χ1v) is 11.0. The fourth-order valence-corrected chi connectivity index (χ4v) is 3.70. The van der Waals surface area contributed by atoms with Crippen molar-refractivity contribution in [3.05, 3.63) is 12.2 Å². The van der Waals surface area contributed by atoms with E-state index in [4.69, 9.17) is 25.8 Å². The number of allylic oxidation sites excluding steroid dienone is 1. The van der Waals surface area contributed by atoms with Gasteiger partial charge >= 0.3 is 6.03 Å². The van der Waals surface area contributed by atoms with E-state index in [0.717, 1.165) is 4.90 Å². The van der Waals surface area contributed by atoms with Crippen molar-refractivity contribution in [2.45, 2.75) is 68.3 Å². The van der Waals surface area contributed by atoms with E-state index in [2.05, 4.69) is 5.32 Å². The monoisotopic (exact) mass is 500 g/mol. The highest BCUT2D eigenvalue weighted by Gasteiger charge is 2.51. The van der Waals surface area contributed by atoms with Gasteiger partial charge in [-0.05, 0) is 6.92 Å². The average molecular weight is 501 g/mol. The zero-order valence-corrected chi connectivity index (χ0v) is 18.8. The summed E-state index contributed by atoms with van der Waals surface area (Å²) in [5.74, 6) is 0.147. The number of carbonyl (C=O) groups is 1. The van der Waals surface area contributed by atoms with E-state index in [1.807, 2.05) is 0 Å². The molecule has 8 N–H and O–H groups in total. The lowest BCUT2D eigenvalue weighted by atomic mass is 9.96. The Bertz CT molecular complexity index is 641. The third kappa shape index (κ3) is 6.52. The predicted octanol–water partition coefficient (Wildman–Crippen LogP) is -3.56. The second-order valence-electron chi connectivity index (χ2n) is 7.67. The molecule has 2 rings (SSSR count). The Hall–Kier alpha value is -1.10. The average Bonchev–Trinajstić information content (AvgIpc) is 2.81. The number of hydrogen-bond acceptors (Lipinski definition) is 11. The minimum Gasteiger partial charge on any atom is -0.394 e.